The standard InChI is InChI=1S/C11H16N2O2S/c1-11(2,3)13-16(14,15)12-9-10-7-5-4-6-8-10/h4-9,13H,1-3H3/b12-9+. The van der Waals surface area contributed by atoms with E-state index in [1.54, 1.807) is 32.9 Å². The van der Waals surface area contributed by atoms with Crippen molar-refractivity contribution >= 4 is 16.4 Å². The number of nitrogens with zero attached hydrogens (tertiary/aromatic N) is 1. The summed E-state index contributed by atoms with van der Waals surface area (Å²) in [5, 5.41) is 0. The molecule has 1 aromatic carbocycles. The summed E-state index contributed by atoms with van der Waals surface area (Å²) in [6, 6.07) is 9.09. The van der Waals surface area contributed by atoms with Crippen LogP contribution in [0, 0.1) is 0 Å². The molecular weight excluding hydrogens is 224 g/mol. The molecule has 0 aliphatic rings. The zero-order chi connectivity index (χ0) is 12.2. The van der Waals surface area contributed by atoms with Gasteiger partial charge in [0.1, 0.15) is 0 Å². The maximum absolute atomic E-state index is 11.5. The van der Waals surface area contributed by atoms with Crippen LogP contribution in [0.15, 0.2) is 34.7 Å². The van der Waals surface area contributed by atoms with E-state index < -0.39 is 15.7 Å². The zero-order valence-electron chi connectivity index (χ0n) is 9.64. The van der Waals surface area contributed by atoms with Crippen LogP contribution >= 0.6 is 0 Å². The Hall–Kier alpha value is -1.20. The molecule has 0 aromatic heterocycles. The number of nitrogens with one attached hydrogen (secondary N) is 1. The molecule has 1 rings (SSSR count). The Bertz CT molecular complexity index is 459. The number of hydrogen-bond acceptors (Lipinski definition) is 2. The Balaban J connectivity index is 2.78. The third kappa shape index (κ3) is 5.04. The van der Waals surface area contributed by atoms with Crippen molar-refractivity contribution in [3.05, 3.63) is 35.9 Å². The van der Waals surface area contributed by atoms with Crippen molar-refractivity contribution in [2.24, 2.45) is 4.40 Å². The highest BCUT2D eigenvalue weighted by atomic mass is 32.2. The molecule has 0 fully saturated rings. The predicted octanol–water partition coefficient (Wildman–Crippen LogP) is 1.74. The van der Waals surface area contributed by atoms with Crippen LogP contribution in [0.25, 0.3) is 0 Å². The molecule has 0 saturated heterocycles. The lowest BCUT2D eigenvalue weighted by atomic mass is 10.1. The van der Waals surface area contributed by atoms with Gasteiger partial charge in [-0.25, -0.2) is 0 Å². The first-order valence-electron chi connectivity index (χ1n) is 4.93. The van der Waals surface area contributed by atoms with E-state index in [2.05, 4.69) is 9.12 Å². The van der Waals surface area contributed by atoms with Crippen molar-refractivity contribution in [2.75, 3.05) is 0 Å². The third-order valence-electron chi connectivity index (χ3n) is 1.58. The van der Waals surface area contributed by atoms with Crippen molar-refractivity contribution in [1.82, 2.24) is 4.72 Å². The molecule has 0 spiro atoms. The van der Waals surface area contributed by atoms with Crippen LogP contribution in [-0.4, -0.2) is 20.2 Å². The molecule has 0 amide bonds. The van der Waals surface area contributed by atoms with Crippen molar-refractivity contribution in [1.29, 1.82) is 0 Å². The van der Waals surface area contributed by atoms with E-state index in [0.29, 0.717) is 0 Å². The first kappa shape index (κ1) is 12.9. The zero-order valence-corrected chi connectivity index (χ0v) is 10.5. The molecule has 0 saturated carbocycles. The molecule has 0 aliphatic carbocycles. The Morgan fingerprint density at radius 3 is 2.25 bits per heavy atom. The van der Waals surface area contributed by atoms with Crippen LogP contribution in [0.2, 0.25) is 0 Å². The maximum Gasteiger partial charge on any atom is 0.320 e. The van der Waals surface area contributed by atoms with Crippen molar-refractivity contribution in [2.45, 2.75) is 26.3 Å². The summed E-state index contributed by atoms with van der Waals surface area (Å²) in [5.41, 5.74) is 0.231. The molecule has 0 aliphatic heterocycles. The quantitative estimate of drug-likeness (QED) is 0.818. The molecule has 88 valence electrons. The molecule has 5 heteroatoms. The molecular formula is C11H16N2O2S. The lowest BCUT2D eigenvalue weighted by molar-refractivity contribution is 0.492. The summed E-state index contributed by atoms with van der Waals surface area (Å²) in [5.74, 6) is 0. The fourth-order valence-electron chi connectivity index (χ4n) is 1.08. The summed E-state index contributed by atoms with van der Waals surface area (Å²) in [6.45, 7) is 5.30. The lowest BCUT2D eigenvalue weighted by Gasteiger charge is -2.17. The monoisotopic (exact) mass is 240 g/mol. The van der Waals surface area contributed by atoms with E-state index in [0.717, 1.165) is 5.56 Å². The molecule has 16 heavy (non-hydrogen) atoms. The van der Waals surface area contributed by atoms with E-state index in [-0.39, 0.29) is 0 Å². The van der Waals surface area contributed by atoms with Gasteiger partial charge in [-0.15, -0.1) is 0 Å². The highest BCUT2D eigenvalue weighted by Crippen LogP contribution is 2.03. The van der Waals surface area contributed by atoms with E-state index in [1.165, 1.54) is 6.21 Å². The molecule has 4 nitrogen and oxygen atoms in total. The minimum Gasteiger partial charge on any atom is -0.191 e. The fourth-order valence-corrected chi connectivity index (χ4v) is 2.17. The van der Waals surface area contributed by atoms with Crippen LogP contribution < -0.4 is 4.72 Å². The summed E-state index contributed by atoms with van der Waals surface area (Å²) in [4.78, 5) is 0. The number of benzene rings is 1. The molecule has 1 aromatic rings. The van der Waals surface area contributed by atoms with Crippen LogP contribution in [0.4, 0.5) is 0 Å². The van der Waals surface area contributed by atoms with Gasteiger partial charge in [0.15, 0.2) is 0 Å². The molecule has 0 atom stereocenters. The van der Waals surface area contributed by atoms with Gasteiger partial charge in [-0.2, -0.15) is 17.5 Å². The van der Waals surface area contributed by atoms with Gasteiger partial charge in [-0.3, -0.25) is 0 Å². The smallest absolute Gasteiger partial charge is 0.191 e. The Morgan fingerprint density at radius 1 is 1.19 bits per heavy atom. The van der Waals surface area contributed by atoms with Crippen LogP contribution in [0.3, 0.4) is 0 Å². The van der Waals surface area contributed by atoms with E-state index in [4.69, 9.17) is 0 Å². The average Bonchev–Trinajstić information content (AvgIpc) is 2.13. The Labute approximate surface area is 96.6 Å². The van der Waals surface area contributed by atoms with Gasteiger partial charge in [-0.1, -0.05) is 30.3 Å². The molecule has 1 N–H and O–H groups in total. The Morgan fingerprint density at radius 2 is 1.75 bits per heavy atom. The van der Waals surface area contributed by atoms with Gasteiger partial charge in [0, 0.05) is 11.8 Å². The second-order valence-electron chi connectivity index (χ2n) is 4.47. The van der Waals surface area contributed by atoms with Crippen molar-refractivity contribution in [3.8, 4) is 0 Å². The van der Waals surface area contributed by atoms with Gasteiger partial charge in [0.25, 0.3) is 0 Å². The van der Waals surface area contributed by atoms with Crippen LogP contribution in [0.5, 0.6) is 0 Å². The third-order valence-corrected chi connectivity index (χ3v) is 2.83. The van der Waals surface area contributed by atoms with Crippen molar-refractivity contribution in [3.63, 3.8) is 0 Å². The summed E-state index contributed by atoms with van der Waals surface area (Å²) >= 11 is 0. The van der Waals surface area contributed by atoms with Crippen molar-refractivity contribution < 1.29 is 8.42 Å². The second kappa shape index (κ2) is 4.76. The molecule has 0 unspecified atom stereocenters. The van der Waals surface area contributed by atoms with Crippen LogP contribution in [-0.2, 0) is 10.2 Å². The highest BCUT2D eigenvalue weighted by Gasteiger charge is 2.17. The van der Waals surface area contributed by atoms with E-state index in [9.17, 15) is 8.42 Å². The second-order valence-corrected chi connectivity index (χ2v) is 5.84. The molecule has 0 bridgehead atoms. The summed E-state index contributed by atoms with van der Waals surface area (Å²) < 4.78 is 29.0. The lowest BCUT2D eigenvalue weighted by Crippen LogP contribution is -2.39. The number of hydrogen-bond donors (Lipinski definition) is 1. The van der Waals surface area contributed by atoms with E-state index in [1.807, 2.05) is 18.2 Å². The Kier molecular flexibility index (Phi) is 3.83. The van der Waals surface area contributed by atoms with E-state index >= 15 is 0 Å². The largest absolute Gasteiger partial charge is 0.320 e. The predicted molar refractivity (Wildman–Crippen MR) is 65.8 cm³/mol. The van der Waals surface area contributed by atoms with Gasteiger partial charge in [0.05, 0.1) is 0 Å². The normalized spacial score (nSPS) is 13.2. The molecule has 0 radical (unpaired) electrons. The van der Waals surface area contributed by atoms with Gasteiger partial charge in [0.2, 0.25) is 0 Å². The SMILES string of the molecule is CC(C)(C)NS(=O)(=O)/N=C/c1ccccc1. The first-order valence-corrected chi connectivity index (χ1v) is 6.37. The fraction of sp³-hybridized carbons (Fsp3) is 0.364. The van der Waals surface area contributed by atoms with Gasteiger partial charge < -0.3 is 0 Å². The summed E-state index contributed by atoms with van der Waals surface area (Å²) in [6.07, 6.45) is 1.33. The average molecular weight is 240 g/mol. The molecule has 0 heterocycles. The number of rotatable bonds is 3. The summed E-state index contributed by atoms with van der Waals surface area (Å²) in [7, 11) is -3.62. The minimum absolute atomic E-state index is 0.521. The highest BCUT2D eigenvalue weighted by molar-refractivity contribution is 7.88. The first-order chi connectivity index (χ1) is 7.29. The van der Waals surface area contributed by atoms with Gasteiger partial charge >= 0.3 is 10.2 Å². The minimum atomic E-state index is -3.62. The maximum atomic E-state index is 11.5. The topological polar surface area (TPSA) is 58.5 Å². The van der Waals surface area contributed by atoms with Gasteiger partial charge in [-0.05, 0) is 26.3 Å². The van der Waals surface area contributed by atoms with Crippen LogP contribution in [0.1, 0.15) is 26.3 Å².